The number of nitrogens with one attached hydrogen (secondary N) is 1. The third kappa shape index (κ3) is 2.65. The van der Waals surface area contributed by atoms with Crippen molar-refractivity contribution in [1.29, 1.82) is 0 Å². The quantitative estimate of drug-likeness (QED) is 0.577. The van der Waals surface area contributed by atoms with Crippen LogP contribution in [0.5, 0.6) is 0 Å². The lowest BCUT2D eigenvalue weighted by Crippen LogP contribution is -2.29. The van der Waals surface area contributed by atoms with Gasteiger partial charge in [-0.2, -0.15) is 0 Å². The summed E-state index contributed by atoms with van der Waals surface area (Å²) in [5, 5.41) is 0.630. The van der Waals surface area contributed by atoms with Gasteiger partial charge in [0, 0.05) is 0 Å². The van der Waals surface area contributed by atoms with E-state index < -0.39 is 0 Å². The summed E-state index contributed by atoms with van der Waals surface area (Å²) in [6, 6.07) is 24.8. The molecule has 28 heavy (non-hydrogen) atoms. The number of para-hydroxylation sites is 1. The average Bonchev–Trinajstić information content (AvgIpc) is 3.07. The minimum absolute atomic E-state index is 0.0797. The highest BCUT2D eigenvalue weighted by Crippen LogP contribution is 2.46. The van der Waals surface area contributed by atoms with E-state index in [4.69, 9.17) is 4.98 Å². The average molecular weight is 367 g/mol. The van der Waals surface area contributed by atoms with Crippen molar-refractivity contribution < 1.29 is 0 Å². The fraction of sp³-hybridized carbons (Fsp3) is 0.167. The number of benzene rings is 3. The Morgan fingerprint density at radius 2 is 1.50 bits per heavy atom. The van der Waals surface area contributed by atoms with Gasteiger partial charge in [0.15, 0.2) is 0 Å². The van der Waals surface area contributed by atoms with Gasteiger partial charge in [-0.15, -0.1) is 0 Å². The summed E-state index contributed by atoms with van der Waals surface area (Å²) in [5.74, 6) is 0.701. The molecule has 0 saturated heterocycles. The molecule has 4 heteroatoms. The smallest absolute Gasteiger partial charge is 0.258 e. The molecule has 0 spiro atoms. The molecule has 3 aromatic carbocycles. The van der Waals surface area contributed by atoms with Gasteiger partial charge in [-0.25, -0.2) is 4.98 Å². The molecule has 0 bridgehead atoms. The van der Waals surface area contributed by atoms with E-state index in [1.165, 1.54) is 22.3 Å². The SMILES string of the molecule is CCN(Cc1nc2ccccc2c(=O)[nH]1)C1c2ccccc2-c2ccccc21. The van der Waals surface area contributed by atoms with Crippen molar-refractivity contribution in [2.24, 2.45) is 0 Å². The van der Waals surface area contributed by atoms with Crippen LogP contribution in [0, 0.1) is 0 Å². The van der Waals surface area contributed by atoms with Gasteiger partial charge in [-0.05, 0) is 40.9 Å². The minimum Gasteiger partial charge on any atom is -0.309 e. The molecule has 0 atom stereocenters. The van der Waals surface area contributed by atoms with Crippen LogP contribution in [0.15, 0.2) is 77.6 Å². The lowest BCUT2D eigenvalue weighted by Gasteiger charge is -2.29. The molecule has 5 rings (SSSR count). The van der Waals surface area contributed by atoms with E-state index in [0.717, 1.165) is 12.1 Å². The van der Waals surface area contributed by atoms with Crippen LogP contribution in [0.1, 0.15) is 29.9 Å². The number of aromatic nitrogens is 2. The van der Waals surface area contributed by atoms with Crippen LogP contribution in [-0.4, -0.2) is 21.4 Å². The van der Waals surface area contributed by atoms with Gasteiger partial charge in [0.1, 0.15) is 5.82 Å². The van der Waals surface area contributed by atoms with Gasteiger partial charge < -0.3 is 4.98 Å². The third-order valence-corrected chi connectivity index (χ3v) is 5.59. The van der Waals surface area contributed by atoms with Gasteiger partial charge >= 0.3 is 0 Å². The lowest BCUT2D eigenvalue weighted by atomic mass is 10.0. The predicted molar refractivity (Wildman–Crippen MR) is 112 cm³/mol. The Kier molecular flexibility index (Phi) is 4.06. The summed E-state index contributed by atoms with van der Waals surface area (Å²) in [7, 11) is 0. The fourth-order valence-electron chi connectivity index (χ4n) is 4.31. The van der Waals surface area contributed by atoms with E-state index in [2.05, 4.69) is 65.3 Å². The second-order valence-electron chi connectivity index (χ2n) is 7.17. The topological polar surface area (TPSA) is 49.0 Å². The standard InChI is InChI=1S/C24H21N3O/c1-2-27(15-22-25-21-14-8-7-13-20(21)24(28)26-22)23-18-11-5-3-9-16(18)17-10-4-6-12-19(17)23/h3-14,23H,2,15H2,1H3,(H,25,26,28). The van der Waals surface area contributed by atoms with Crippen LogP contribution < -0.4 is 5.56 Å². The van der Waals surface area contributed by atoms with Crippen molar-refractivity contribution >= 4 is 10.9 Å². The van der Waals surface area contributed by atoms with E-state index in [1.807, 2.05) is 24.3 Å². The minimum atomic E-state index is -0.0797. The van der Waals surface area contributed by atoms with Gasteiger partial charge in [0.2, 0.25) is 0 Å². The lowest BCUT2D eigenvalue weighted by molar-refractivity contribution is 0.226. The van der Waals surface area contributed by atoms with E-state index in [-0.39, 0.29) is 11.6 Å². The van der Waals surface area contributed by atoms with Crippen LogP contribution in [0.3, 0.4) is 0 Å². The predicted octanol–water partition coefficient (Wildman–Crippen LogP) is 4.52. The van der Waals surface area contributed by atoms with E-state index >= 15 is 0 Å². The number of fused-ring (bicyclic) bond motifs is 4. The number of aromatic amines is 1. The molecule has 1 aliphatic carbocycles. The Labute approximate surface area is 163 Å². The van der Waals surface area contributed by atoms with E-state index in [0.29, 0.717) is 17.8 Å². The summed E-state index contributed by atoms with van der Waals surface area (Å²) in [5.41, 5.74) is 5.87. The number of nitrogens with zero attached hydrogens (tertiary/aromatic N) is 2. The largest absolute Gasteiger partial charge is 0.309 e. The van der Waals surface area contributed by atoms with Crippen LogP contribution >= 0.6 is 0 Å². The highest BCUT2D eigenvalue weighted by molar-refractivity contribution is 5.79. The first kappa shape index (κ1) is 16.9. The summed E-state index contributed by atoms with van der Waals surface area (Å²) in [4.78, 5) is 22.5. The Balaban J connectivity index is 1.58. The van der Waals surface area contributed by atoms with Crippen LogP contribution in [0.4, 0.5) is 0 Å². The van der Waals surface area contributed by atoms with Gasteiger partial charge in [-0.1, -0.05) is 67.6 Å². The number of H-pyrrole nitrogens is 1. The molecule has 4 nitrogen and oxygen atoms in total. The van der Waals surface area contributed by atoms with Crippen molar-refractivity contribution in [1.82, 2.24) is 14.9 Å². The monoisotopic (exact) mass is 367 g/mol. The van der Waals surface area contributed by atoms with Crippen LogP contribution in [-0.2, 0) is 6.54 Å². The molecule has 4 aromatic rings. The summed E-state index contributed by atoms with van der Waals surface area (Å²) in [6.07, 6.45) is 0. The molecular formula is C24H21N3O. The second kappa shape index (κ2) is 6.73. The molecular weight excluding hydrogens is 346 g/mol. The molecule has 1 aromatic heterocycles. The highest BCUT2D eigenvalue weighted by Gasteiger charge is 2.32. The summed E-state index contributed by atoms with van der Waals surface area (Å²) >= 11 is 0. The van der Waals surface area contributed by atoms with Gasteiger partial charge in [0.25, 0.3) is 5.56 Å². The van der Waals surface area contributed by atoms with E-state index in [9.17, 15) is 4.79 Å². The fourth-order valence-corrected chi connectivity index (χ4v) is 4.31. The molecule has 0 radical (unpaired) electrons. The molecule has 138 valence electrons. The zero-order valence-corrected chi connectivity index (χ0v) is 15.7. The van der Waals surface area contributed by atoms with Gasteiger partial charge in [0.05, 0.1) is 23.5 Å². The maximum Gasteiger partial charge on any atom is 0.258 e. The van der Waals surface area contributed by atoms with E-state index in [1.54, 1.807) is 0 Å². The zero-order chi connectivity index (χ0) is 19.1. The Bertz CT molecular complexity index is 1180. The molecule has 1 N–H and O–H groups in total. The molecule has 0 saturated carbocycles. The van der Waals surface area contributed by atoms with Crippen molar-refractivity contribution in [3.8, 4) is 11.1 Å². The molecule has 0 unspecified atom stereocenters. The first-order chi connectivity index (χ1) is 13.8. The Morgan fingerprint density at radius 1 is 0.893 bits per heavy atom. The summed E-state index contributed by atoms with van der Waals surface area (Å²) < 4.78 is 0. The molecule has 0 amide bonds. The number of hydrogen-bond acceptors (Lipinski definition) is 3. The Morgan fingerprint density at radius 3 is 2.18 bits per heavy atom. The summed E-state index contributed by atoms with van der Waals surface area (Å²) in [6.45, 7) is 3.59. The van der Waals surface area contributed by atoms with Crippen molar-refractivity contribution in [3.63, 3.8) is 0 Å². The zero-order valence-electron chi connectivity index (χ0n) is 15.7. The van der Waals surface area contributed by atoms with Gasteiger partial charge in [-0.3, -0.25) is 9.69 Å². The van der Waals surface area contributed by atoms with Crippen LogP contribution in [0.25, 0.3) is 22.0 Å². The Hall–Kier alpha value is -3.24. The van der Waals surface area contributed by atoms with Crippen molar-refractivity contribution in [2.75, 3.05) is 6.54 Å². The number of hydrogen-bond donors (Lipinski definition) is 1. The van der Waals surface area contributed by atoms with Crippen LogP contribution in [0.2, 0.25) is 0 Å². The normalized spacial score (nSPS) is 13.1. The first-order valence-electron chi connectivity index (χ1n) is 9.66. The molecule has 0 fully saturated rings. The maximum absolute atomic E-state index is 12.5. The highest BCUT2D eigenvalue weighted by atomic mass is 16.1. The second-order valence-corrected chi connectivity index (χ2v) is 7.17. The molecule has 1 heterocycles. The molecule has 1 aliphatic rings. The maximum atomic E-state index is 12.5. The first-order valence-corrected chi connectivity index (χ1v) is 9.66. The van der Waals surface area contributed by atoms with Crippen molar-refractivity contribution in [3.05, 3.63) is 100 Å². The third-order valence-electron chi connectivity index (χ3n) is 5.59. The molecule has 0 aliphatic heterocycles. The van der Waals surface area contributed by atoms with Crippen molar-refractivity contribution in [2.45, 2.75) is 19.5 Å². The number of rotatable bonds is 4.